The summed E-state index contributed by atoms with van der Waals surface area (Å²) >= 11 is 6.19. The molecule has 0 saturated carbocycles. The molecule has 7 nitrogen and oxygen atoms in total. The average Bonchev–Trinajstić information content (AvgIpc) is 3.34. The van der Waals surface area contributed by atoms with E-state index in [4.69, 9.17) is 11.6 Å². The summed E-state index contributed by atoms with van der Waals surface area (Å²) in [5, 5.41) is 8.86. The summed E-state index contributed by atoms with van der Waals surface area (Å²) in [4.78, 5) is 33.1. The third-order valence-electron chi connectivity index (χ3n) is 5.44. The molecule has 31 heavy (non-hydrogen) atoms. The number of amides is 2. The van der Waals surface area contributed by atoms with Gasteiger partial charge < -0.3 is 16.0 Å². The van der Waals surface area contributed by atoms with Crippen LogP contribution in [0.25, 0.3) is 11.4 Å². The van der Waals surface area contributed by atoms with E-state index >= 15 is 0 Å². The van der Waals surface area contributed by atoms with Crippen LogP contribution in [0.1, 0.15) is 34.0 Å². The maximum absolute atomic E-state index is 14.4. The molecule has 5 rings (SSSR count). The van der Waals surface area contributed by atoms with Crippen molar-refractivity contribution >= 4 is 34.9 Å². The lowest BCUT2D eigenvalue weighted by molar-refractivity contribution is -0.120. The van der Waals surface area contributed by atoms with Crippen molar-refractivity contribution in [2.45, 2.75) is 18.9 Å². The fourth-order valence-electron chi connectivity index (χ4n) is 3.89. The number of rotatable bonds is 4. The van der Waals surface area contributed by atoms with Crippen molar-refractivity contribution < 1.29 is 14.0 Å². The van der Waals surface area contributed by atoms with Crippen LogP contribution in [-0.2, 0) is 11.3 Å². The predicted molar refractivity (Wildman–Crippen MR) is 114 cm³/mol. The van der Waals surface area contributed by atoms with Gasteiger partial charge >= 0.3 is 0 Å². The van der Waals surface area contributed by atoms with Crippen molar-refractivity contribution in [2.75, 3.05) is 11.9 Å². The Hall–Kier alpha value is -3.52. The van der Waals surface area contributed by atoms with Crippen LogP contribution in [0.5, 0.6) is 0 Å². The number of halogens is 2. The molecule has 0 spiro atoms. The zero-order valence-corrected chi connectivity index (χ0v) is 17.0. The van der Waals surface area contributed by atoms with Gasteiger partial charge in [-0.05, 0) is 36.2 Å². The number of benzene rings is 2. The number of carbonyl (C=O) groups is 2. The Kier molecular flexibility index (Phi) is 4.78. The molecule has 0 bridgehead atoms. The molecular formula is C22H17ClFN5O2. The highest BCUT2D eigenvalue weighted by atomic mass is 35.5. The van der Waals surface area contributed by atoms with Gasteiger partial charge in [-0.25, -0.2) is 14.4 Å². The number of carbonyl (C=O) groups excluding carboxylic acids is 2. The molecule has 2 aromatic carbocycles. The summed E-state index contributed by atoms with van der Waals surface area (Å²) in [5.41, 5.74) is 2.46. The Morgan fingerprint density at radius 2 is 1.84 bits per heavy atom. The van der Waals surface area contributed by atoms with Gasteiger partial charge in [0.1, 0.15) is 17.2 Å². The molecular weight excluding hydrogens is 421 g/mol. The van der Waals surface area contributed by atoms with Crippen molar-refractivity contribution in [2.24, 2.45) is 0 Å². The van der Waals surface area contributed by atoms with Crippen LogP contribution in [0, 0.1) is 5.82 Å². The smallest absolute Gasteiger partial charge is 0.257 e. The maximum atomic E-state index is 14.4. The Balaban J connectivity index is 1.52. The third kappa shape index (κ3) is 3.48. The van der Waals surface area contributed by atoms with E-state index in [1.165, 1.54) is 12.1 Å². The predicted octanol–water partition coefficient (Wildman–Crippen LogP) is 3.53. The Bertz CT molecular complexity index is 1200. The van der Waals surface area contributed by atoms with E-state index in [0.29, 0.717) is 23.5 Å². The Labute approximate surface area is 182 Å². The van der Waals surface area contributed by atoms with Gasteiger partial charge in [0, 0.05) is 12.2 Å². The van der Waals surface area contributed by atoms with Gasteiger partial charge in [-0.1, -0.05) is 29.8 Å². The second-order valence-electron chi connectivity index (χ2n) is 7.38. The fraction of sp³-hybridized carbons (Fsp3) is 0.182. The number of hydrogen-bond acceptors (Lipinski definition) is 5. The number of nitrogens with one attached hydrogen (secondary N) is 3. The highest BCUT2D eigenvalue weighted by molar-refractivity contribution is 6.33. The minimum Gasteiger partial charge on any atom is -0.356 e. The van der Waals surface area contributed by atoms with E-state index in [1.54, 1.807) is 6.07 Å². The van der Waals surface area contributed by atoms with Gasteiger partial charge in [0.25, 0.3) is 5.91 Å². The average molecular weight is 438 g/mol. The van der Waals surface area contributed by atoms with Gasteiger partial charge in [0.05, 0.1) is 28.7 Å². The zero-order chi connectivity index (χ0) is 21.5. The minimum atomic E-state index is -0.546. The van der Waals surface area contributed by atoms with E-state index in [-0.39, 0.29) is 46.5 Å². The van der Waals surface area contributed by atoms with Gasteiger partial charge in [0.2, 0.25) is 5.91 Å². The molecule has 0 radical (unpaired) electrons. The van der Waals surface area contributed by atoms with Crippen LogP contribution in [-0.4, -0.2) is 28.3 Å². The molecule has 3 N–H and O–H groups in total. The molecule has 1 fully saturated rings. The molecule has 2 aliphatic heterocycles. The first-order valence-corrected chi connectivity index (χ1v) is 10.2. The lowest BCUT2D eigenvalue weighted by Crippen LogP contribution is -2.17. The van der Waals surface area contributed by atoms with Crippen molar-refractivity contribution in [3.8, 4) is 11.4 Å². The minimum absolute atomic E-state index is 0.0254. The van der Waals surface area contributed by atoms with Crippen LogP contribution >= 0.6 is 11.6 Å². The molecule has 0 unspecified atom stereocenters. The molecule has 1 saturated heterocycles. The van der Waals surface area contributed by atoms with Gasteiger partial charge in [-0.2, -0.15) is 0 Å². The molecule has 2 amide bonds. The maximum Gasteiger partial charge on any atom is 0.257 e. The van der Waals surface area contributed by atoms with Crippen LogP contribution < -0.4 is 16.0 Å². The first-order valence-electron chi connectivity index (χ1n) is 9.79. The number of hydrogen-bond donors (Lipinski definition) is 3. The van der Waals surface area contributed by atoms with E-state index in [1.807, 2.05) is 24.3 Å². The van der Waals surface area contributed by atoms with Crippen molar-refractivity contribution in [1.82, 2.24) is 20.6 Å². The molecule has 2 aliphatic rings. The van der Waals surface area contributed by atoms with E-state index in [9.17, 15) is 14.0 Å². The van der Waals surface area contributed by atoms with Crippen LogP contribution in [0.3, 0.4) is 0 Å². The van der Waals surface area contributed by atoms with E-state index < -0.39 is 5.82 Å². The summed E-state index contributed by atoms with van der Waals surface area (Å²) in [5.74, 6) is -0.617. The second kappa shape index (κ2) is 7.63. The van der Waals surface area contributed by atoms with Crippen molar-refractivity contribution in [1.29, 1.82) is 0 Å². The standard InChI is InChI=1S/C22H17ClFN5O2/c23-14-2-1-3-15(24)17(14)19-28-16-10-26-22(31)18(16)20(29-19)27-12-6-4-11(5-7-12)13-8-9-25-21(13)30/h1-7,13H,8-10H2,(H,25,30)(H,26,31)(H,27,28,29)/t13-/m0/s1. The first-order chi connectivity index (χ1) is 15.0. The van der Waals surface area contributed by atoms with Gasteiger partial charge in [-0.3, -0.25) is 9.59 Å². The summed E-state index contributed by atoms with van der Waals surface area (Å²) in [7, 11) is 0. The molecule has 3 heterocycles. The van der Waals surface area contributed by atoms with Crippen molar-refractivity contribution in [3.63, 3.8) is 0 Å². The largest absolute Gasteiger partial charge is 0.356 e. The highest BCUT2D eigenvalue weighted by Gasteiger charge is 2.29. The third-order valence-corrected chi connectivity index (χ3v) is 5.75. The summed E-state index contributed by atoms with van der Waals surface area (Å²) in [6, 6.07) is 11.7. The summed E-state index contributed by atoms with van der Waals surface area (Å²) in [6.07, 6.45) is 0.762. The van der Waals surface area contributed by atoms with Crippen LogP contribution in [0.4, 0.5) is 15.9 Å². The number of anilines is 2. The fourth-order valence-corrected chi connectivity index (χ4v) is 4.13. The zero-order valence-electron chi connectivity index (χ0n) is 16.2. The number of aromatic nitrogens is 2. The molecule has 1 aromatic heterocycles. The van der Waals surface area contributed by atoms with Crippen LogP contribution in [0.15, 0.2) is 42.5 Å². The van der Waals surface area contributed by atoms with Gasteiger partial charge in [-0.15, -0.1) is 0 Å². The lowest BCUT2D eigenvalue weighted by Gasteiger charge is -2.13. The Morgan fingerprint density at radius 1 is 1.03 bits per heavy atom. The number of nitrogens with zero attached hydrogens (tertiary/aromatic N) is 2. The highest BCUT2D eigenvalue weighted by Crippen LogP contribution is 2.33. The monoisotopic (exact) mass is 437 g/mol. The topological polar surface area (TPSA) is 96.0 Å². The SMILES string of the molecule is O=C1NCc2nc(-c3c(F)cccc3Cl)nc(Nc3ccc([C@@H]4CCNC4=O)cc3)c21. The number of fused-ring (bicyclic) bond motifs is 1. The van der Waals surface area contributed by atoms with Crippen molar-refractivity contribution in [3.05, 3.63) is 70.1 Å². The first kappa shape index (κ1) is 19.4. The van der Waals surface area contributed by atoms with Gasteiger partial charge in [0.15, 0.2) is 5.82 Å². The van der Waals surface area contributed by atoms with E-state index in [0.717, 1.165) is 12.0 Å². The molecule has 3 aromatic rings. The van der Waals surface area contributed by atoms with Crippen LogP contribution in [0.2, 0.25) is 5.02 Å². The second-order valence-corrected chi connectivity index (χ2v) is 7.78. The summed E-state index contributed by atoms with van der Waals surface area (Å²) in [6.45, 7) is 0.896. The molecule has 9 heteroatoms. The molecule has 0 aliphatic carbocycles. The Morgan fingerprint density at radius 3 is 2.55 bits per heavy atom. The molecule has 1 atom stereocenters. The quantitative estimate of drug-likeness (QED) is 0.580. The summed E-state index contributed by atoms with van der Waals surface area (Å²) < 4.78 is 14.4. The normalized spacial score (nSPS) is 17.3. The van der Waals surface area contributed by atoms with E-state index in [2.05, 4.69) is 25.9 Å². The molecule has 156 valence electrons. The lowest BCUT2D eigenvalue weighted by atomic mass is 9.97.